The van der Waals surface area contributed by atoms with Crippen molar-refractivity contribution in [1.82, 2.24) is 15.1 Å². The van der Waals surface area contributed by atoms with Crippen molar-refractivity contribution >= 4 is 12.0 Å². The van der Waals surface area contributed by atoms with Crippen molar-refractivity contribution in [3.05, 3.63) is 23.7 Å². The molecule has 1 aliphatic rings. The number of amides is 2. The van der Waals surface area contributed by atoms with E-state index in [4.69, 9.17) is 4.42 Å². The number of hydrogen-bond donors (Lipinski definition) is 1. The SMILES string of the molecule is CCCNC(=O)N1CCCN(Cc2ccc(C(=O)OC)o2)CC1. The molecule has 23 heavy (non-hydrogen) atoms. The number of furan rings is 1. The lowest BCUT2D eigenvalue weighted by Gasteiger charge is -2.21. The van der Waals surface area contributed by atoms with Crippen molar-refractivity contribution in [2.45, 2.75) is 26.3 Å². The normalized spacial score (nSPS) is 16.0. The summed E-state index contributed by atoms with van der Waals surface area (Å²) in [5, 5.41) is 2.92. The summed E-state index contributed by atoms with van der Waals surface area (Å²) in [6.45, 7) is 6.51. The van der Waals surface area contributed by atoms with E-state index in [-0.39, 0.29) is 11.8 Å². The fraction of sp³-hybridized carbons (Fsp3) is 0.625. The lowest BCUT2D eigenvalue weighted by atomic mass is 10.3. The second-order valence-electron chi connectivity index (χ2n) is 5.61. The number of esters is 1. The van der Waals surface area contributed by atoms with Crippen LogP contribution in [0.1, 0.15) is 36.1 Å². The molecule has 1 fully saturated rings. The Morgan fingerprint density at radius 3 is 2.83 bits per heavy atom. The monoisotopic (exact) mass is 323 g/mol. The summed E-state index contributed by atoms with van der Waals surface area (Å²) in [6, 6.07) is 3.44. The maximum Gasteiger partial charge on any atom is 0.373 e. The summed E-state index contributed by atoms with van der Waals surface area (Å²) in [5.41, 5.74) is 0. The van der Waals surface area contributed by atoms with E-state index in [2.05, 4.69) is 15.0 Å². The van der Waals surface area contributed by atoms with Crippen LogP contribution >= 0.6 is 0 Å². The van der Waals surface area contributed by atoms with Gasteiger partial charge in [0.25, 0.3) is 0 Å². The van der Waals surface area contributed by atoms with Gasteiger partial charge in [0.15, 0.2) is 0 Å². The van der Waals surface area contributed by atoms with Crippen molar-refractivity contribution < 1.29 is 18.7 Å². The Kier molecular flexibility index (Phi) is 6.46. The molecule has 1 aromatic rings. The van der Waals surface area contributed by atoms with Crippen LogP contribution in [0.25, 0.3) is 0 Å². The van der Waals surface area contributed by atoms with Gasteiger partial charge in [-0.05, 0) is 25.0 Å². The van der Waals surface area contributed by atoms with E-state index in [1.54, 1.807) is 12.1 Å². The molecule has 7 heteroatoms. The van der Waals surface area contributed by atoms with Gasteiger partial charge in [-0.3, -0.25) is 4.90 Å². The van der Waals surface area contributed by atoms with Gasteiger partial charge in [-0.1, -0.05) is 6.92 Å². The zero-order valence-corrected chi connectivity index (χ0v) is 13.8. The number of urea groups is 1. The van der Waals surface area contributed by atoms with E-state index in [0.29, 0.717) is 19.6 Å². The summed E-state index contributed by atoms with van der Waals surface area (Å²) < 4.78 is 10.1. The number of carbonyl (C=O) groups is 2. The van der Waals surface area contributed by atoms with Crippen LogP contribution in [0.15, 0.2) is 16.5 Å². The van der Waals surface area contributed by atoms with Crippen LogP contribution in [0.4, 0.5) is 4.79 Å². The van der Waals surface area contributed by atoms with Gasteiger partial charge in [-0.25, -0.2) is 9.59 Å². The summed E-state index contributed by atoms with van der Waals surface area (Å²) in [4.78, 5) is 27.5. The second kappa shape index (κ2) is 8.57. The molecule has 0 saturated carbocycles. The Morgan fingerprint density at radius 2 is 2.09 bits per heavy atom. The molecule has 1 saturated heterocycles. The molecule has 1 aliphatic heterocycles. The molecular weight excluding hydrogens is 298 g/mol. The number of nitrogens with zero attached hydrogens (tertiary/aromatic N) is 2. The molecule has 1 N–H and O–H groups in total. The Bertz CT molecular complexity index is 529. The van der Waals surface area contributed by atoms with Crippen LogP contribution in [0.2, 0.25) is 0 Å². The van der Waals surface area contributed by atoms with Gasteiger partial charge in [-0.2, -0.15) is 0 Å². The third-order valence-electron chi connectivity index (χ3n) is 3.83. The summed E-state index contributed by atoms with van der Waals surface area (Å²) in [5.74, 6) is 0.484. The number of carbonyl (C=O) groups excluding carboxylic acids is 2. The van der Waals surface area contributed by atoms with E-state index < -0.39 is 5.97 Å². The Labute approximate surface area is 136 Å². The minimum atomic E-state index is -0.467. The van der Waals surface area contributed by atoms with Crippen molar-refractivity contribution in [1.29, 1.82) is 0 Å². The number of nitrogens with one attached hydrogen (secondary N) is 1. The first-order valence-electron chi connectivity index (χ1n) is 8.06. The summed E-state index contributed by atoms with van der Waals surface area (Å²) >= 11 is 0. The van der Waals surface area contributed by atoms with Gasteiger partial charge >= 0.3 is 12.0 Å². The Morgan fingerprint density at radius 1 is 1.26 bits per heavy atom. The lowest BCUT2D eigenvalue weighted by molar-refractivity contribution is 0.0561. The van der Waals surface area contributed by atoms with Crippen LogP contribution in [0.3, 0.4) is 0 Å². The number of ether oxygens (including phenoxy) is 1. The highest BCUT2D eigenvalue weighted by Crippen LogP contribution is 2.13. The molecule has 1 aromatic heterocycles. The standard InChI is InChI=1S/C16H25N3O4/c1-3-7-17-16(21)19-9-4-8-18(10-11-19)12-13-5-6-14(23-13)15(20)22-2/h5-6H,3-4,7-12H2,1-2H3,(H,17,21). The first-order chi connectivity index (χ1) is 11.1. The lowest BCUT2D eigenvalue weighted by Crippen LogP contribution is -2.42. The van der Waals surface area contributed by atoms with Gasteiger partial charge in [0, 0.05) is 32.7 Å². The van der Waals surface area contributed by atoms with Crippen LogP contribution in [-0.2, 0) is 11.3 Å². The third-order valence-corrected chi connectivity index (χ3v) is 3.83. The molecule has 0 spiro atoms. The minimum Gasteiger partial charge on any atom is -0.463 e. The van der Waals surface area contributed by atoms with E-state index in [1.165, 1.54) is 7.11 Å². The van der Waals surface area contributed by atoms with Gasteiger partial charge in [-0.15, -0.1) is 0 Å². The van der Waals surface area contributed by atoms with E-state index >= 15 is 0 Å². The molecule has 0 radical (unpaired) electrons. The van der Waals surface area contributed by atoms with E-state index in [0.717, 1.165) is 38.2 Å². The summed E-state index contributed by atoms with van der Waals surface area (Å²) in [6.07, 6.45) is 1.86. The molecule has 0 aliphatic carbocycles. The molecule has 2 heterocycles. The zero-order valence-electron chi connectivity index (χ0n) is 13.8. The maximum absolute atomic E-state index is 12.0. The molecule has 7 nitrogen and oxygen atoms in total. The van der Waals surface area contributed by atoms with Gasteiger partial charge < -0.3 is 19.4 Å². The highest BCUT2D eigenvalue weighted by Gasteiger charge is 2.20. The molecule has 0 aromatic carbocycles. The topological polar surface area (TPSA) is 75.0 Å². The third kappa shape index (κ3) is 4.99. The quantitative estimate of drug-likeness (QED) is 0.835. The van der Waals surface area contributed by atoms with Gasteiger partial charge in [0.05, 0.1) is 13.7 Å². The molecule has 128 valence electrons. The molecular formula is C16H25N3O4. The van der Waals surface area contributed by atoms with Crippen molar-refractivity contribution in [3.63, 3.8) is 0 Å². The van der Waals surface area contributed by atoms with Crippen molar-refractivity contribution in [2.24, 2.45) is 0 Å². The molecule has 0 unspecified atom stereocenters. The first-order valence-corrected chi connectivity index (χ1v) is 8.06. The zero-order chi connectivity index (χ0) is 16.7. The smallest absolute Gasteiger partial charge is 0.373 e. The Balaban J connectivity index is 1.84. The van der Waals surface area contributed by atoms with Crippen molar-refractivity contribution in [2.75, 3.05) is 39.8 Å². The molecule has 0 bridgehead atoms. The van der Waals surface area contributed by atoms with Crippen LogP contribution < -0.4 is 5.32 Å². The molecule has 2 amide bonds. The van der Waals surface area contributed by atoms with Gasteiger partial charge in [0.2, 0.25) is 5.76 Å². The highest BCUT2D eigenvalue weighted by atomic mass is 16.5. The van der Waals surface area contributed by atoms with Crippen LogP contribution in [0, 0.1) is 0 Å². The number of hydrogen-bond acceptors (Lipinski definition) is 5. The second-order valence-corrected chi connectivity index (χ2v) is 5.61. The largest absolute Gasteiger partial charge is 0.463 e. The van der Waals surface area contributed by atoms with Crippen molar-refractivity contribution in [3.8, 4) is 0 Å². The number of methoxy groups -OCH3 is 1. The predicted octanol–water partition coefficient (Wildman–Crippen LogP) is 1.69. The molecule has 2 rings (SSSR count). The Hall–Kier alpha value is -2.02. The predicted molar refractivity (Wildman–Crippen MR) is 85.2 cm³/mol. The minimum absolute atomic E-state index is 0.0136. The number of rotatable bonds is 5. The molecule has 0 atom stereocenters. The van der Waals surface area contributed by atoms with E-state index in [9.17, 15) is 9.59 Å². The van der Waals surface area contributed by atoms with Gasteiger partial charge in [0.1, 0.15) is 5.76 Å². The average Bonchev–Trinajstić information content (AvgIpc) is 2.90. The first kappa shape index (κ1) is 17.3. The van der Waals surface area contributed by atoms with Crippen LogP contribution in [0.5, 0.6) is 0 Å². The average molecular weight is 323 g/mol. The fourth-order valence-electron chi connectivity index (χ4n) is 2.57. The van der Waals surface area contributed by atoms with E-state index in [1.807, 2.05) is 11.8 Å². The fourth-order valence-corrected chi connectivity index (χ4v) is 2.57. The maximum atomic E-state index is 12.0. The summed E-state index contributed by atoms with van der Waals surface area (Å²) in [7, 11) is 1.33. The van der Waals surface area contributed by atoms with Crippen LogP contribution in [-0.4, -0.2) is 61.6 Å². The highest BCUT2D eigenvalue weighted by molar-refractivity contribution is 5.86.